The topological polar surface area (TPSA) is 20.2 Å². The van der Waals surface area contributed by atoms with Crippen LogP contribution in [-0.4, -0.2) is 5.11 Å². The maximum absolute atomic E-state index is 13.2. The van der Waals surface area contributed by atoms with Crippen molar-refractivity contribution in [3.05, 3.63) is 70.5 Å². The lowest BCUT2D eigenvalue weighted by atomic mass is 9.80. The summed E-state index contributed by atoms with van der Waals surface area (Å²) in [6, 6.07) is 9.00. The summed E-state index contributed by atoms with van der Waals surface area (Å²) in [6.45, 7) is 0. The molecular weight excluding hydrogens is 277 g/mol. The first-order valence-corrected chi connectivity index (χ1v) is 6.98. The van der Waals surface area contributed by atoms with Crippen LogP contribution >= 0.6 is 0 Å². The lowest BCUT2D eigenvalue weighted by Crippen LogP contribution is -2.09. The molecule has 0 heterocycles. The summed E-state index contributed by atoms with van der Waals surface area (Å²) in [4.78, 5) is 0. The lowest BCUT2D eigenvalue weighted by molar-refractivity contribution is 0.218. The smallest absolute Gasteiger partial charge is 0.194 e. The highest BCUT2D eigenvalue weighted by molar-refractivity contribution is 5.34. The predicted octanol–water partition coefficient (Wildman–Crippen LogP) is 4.45. The molecule has 21 heavy (non-hydrogen) atoms. The molecule has 1 fully saturated rings. The largest absolute Gasteiger partial charge is 0.384 e. The van der Waals surface area contributed by atoms with E-state index in [1.165, 1.54) is 24.8 Å². The monoisotopic (exact) mass is 292 g/mol. The van der Waals surface area contributed by atoms with Crippen molar-refractivity contribution in [3.8, 4) is 0 Å². The van der Waals surface area contributed by atoms with Crippen molar-refractivity contribution in [1.29, 1.82) is 0 Å². The van der Waals surface area contributed by atoms with Crippen molar-refractivity contribution in [2.75, 3.05) is 0 Å². The number of hydrogen-bond acceptors (Lipinski definition) is 1. The number of halogens is 3. The molecule has 0 radical (unpaired) electrons. The van der Waals surface area contributed by atoms with Crippen LogP contribution in [0.4, 0.5) is 13.2 Å². The Morgan fingerprint density at radius 3 is 1.95 bits per heavy atom. The maximum atomic E-state index is 13.2. The Bertz CT molecular complexity index is 625. The molecule has 2 aromatic carbocycles. The molecule has 1 nitrogen and oxygen atoms in total. The van der Waals surface area contributed by atoms with E-state index in [-0.39, 0.29) is 5.56 Å². The van der Waals surface area contributed by atoms with Crippen molar-refractivity contribution in [2.24, 2.45) is 0 Å². The summed E-state index contributed by atoms with van der Waals surface area (Å²) in [5.74, 6) is -3.53. The van der Waals surface area contributed by atoms with Crippen molar-refractivity contribution >= 4 is 0 Å². The van der Waals surface area contributed by atoms with Crippen LogP contribution in [0.5, 0.6) is 0 Å². The molecule has 0 bridgehead atoms. The van der Waals surface area contributed by atoms with Gasteiger partial charge in [-0.2, -0.15) is 0 Å². The highest BCUT2D eigenvalue weighted by Crippen LogP contribution is 2.36. The Hall–Kier alpha value is -1.81. The van der Waals surface area contributed by atoms with E-state index in [1.54, 1.807) is 12.1 Å². The zero-order chi connectivity index (χ0) is 15.0. The second kappa shape index (κ2) is 5.53. The predicted molar refractivity (Wildman–Crippen MR) is 73.4 cm³/mol. The third-order valence-electron chi connectivity index (χ3n) is 4.15. The van der Waals surface area contributed by atoms with Gasteiger partial charge in [0.1, 0.15) is 6.10 Å². The van der Waals surface area contributed by atoms with Crippen LogP contribution in [-0.2, 0) is 0 Å². The molecular formula is C17H15F3O. The van der Waals surface area contributed by atoms with Crippen molar-refractivity contribution in [3.63, 3.8) is 0 Å². The van der Waals surface area contributed by atoms with Crippen LogP contribution in [0.1, 0.15) is 48.0 Å². The fourth-order valence-electron chi connectivity index (χ4n) is 2.62. The highest BCUT2D eigenvalue weighted by atomic mass is 19.2. The number of aliphatic hydroxyl groups is 1. The van der Waals surface area contributed by atoms with Crippen LogP contribution in [0.2, 0.25) is 0 Å². The van der Waals surface area contributed by atoms with Crippen LogP contribution in [0.25, 0.3) is 0 Å². The Morgan fingerprint density at radius 1 is 0.905 bits per heavy atom. The number of rotatable bonds is 3. The second-order valence-electron chi connectivity index (χ2n) is 5.50. The summed E-state index contributed by atoms with van der Waals surface area (Å²) in [5.41, 5.74) is 1.75. The van der Waals surface area contributed by atoms with Gasteiger partial charge < -0.3 is 5.11 Å². The van der Waals surface area contributed by atoms with E-state index in [0.29, 0.717) is 11.5 Å². The lowest BCUT2D eigenvalue weighted by Gasteiger charge is -2.26. The molecule has 1 N–H and O–H groups in total. The zero-order valence-electron chi connectivity index (χ0n) is 11.3. The minimum atomic E-state index is -1.52. The minimum absolute atomic E-state index is 0.00259. The van der Waals surface area contributed by atoms with E-state index < -0.39 is 23.6 Å². The van der Waals surface area contributed by atoms with Gasteiger partial charge in [0.15, 0.2) is 17.5 Å². The molecule has 3 rings (SSSR count). The van der Waals surface area contributed by atoms with Gasteiger partial charge in [0.2, 0.25) is 0 Å². The molecule has 1 atom stereocenters. The number of hydrogen-bond donors (Lipinski definition) is 1. The molecule has 1 unspecified atom stereocenters. The summed E-state index contributed by atoms with van der Waals surface area (Å²) >= 11 is 0. The van der Waals surface area contributed by atoms with Crippen molar-refractivity contribution in [1.82, 2.24) is 0 Å². The van der Waals surface area contributed by atoms with Gasteiger partial charge in [-0.15, -0.1) is 0 Å². The normalized spacial score (nSPS) is 16.6. The van der Waals surface area contributed by atoms with E-state index in [2.05, 4.69) is 0 Å². The maximum Gasteiger partial charge on any atom is 0.194 e. The van der Waals surface area contributed by atoms with Crippen molar-refractivity contribution < 1.29 is 18.3 Å². The third-order valence-corrected chi connectivity index (χ3v) is 4.15. The molecule has 1 saturated carbocycles. The summed E-state index contributed by atoms with van der Waals surface area (Å²) in [5, 5.41) is 10.2. The van der Waals surface area contributed by atoms with Crippen molar-refractivity contribution in [2.45, 2.75) is 31.3 Å². The Labute approximate surface area is 121 Å². The summed E-state index contributed by atoms with van der Waals surface area (Å²) in [6.07, 6.45) is 2.42. The van der Waals surface area contributed by atoms with E-state index >= 15 is 0 Å². The average Bonchev–Trinajstić information content (AvgIpc) is 2.42. The number of benzene rings is 2. The van der Waals surface area contributed by atoms with Crippen LogP contribution in [0.3, 0.4) is 0 Å². The van der Waals surface area contributed by atoms with Gasteiger partial charge in [-0.25, -0.2) is 13.2 Å². The molecule has 2 aromatic rings. The van der Waals surface area contributed by atoms with Gasteiger partial charge in [0.05, 0.1) is 0 Å². The molecule has 1 aliphatic rings. The molecule has 4 heteroatoms. The average molecular weight is 292 g/mol. The molecule has 0 amide bonds. The molecule has 0 aromatic heterocycles. The third kappa shape index (κ3) is 2.68. The molecule has 0 saturated heterocycles. The Kier molecular flexibility index (Phi) is 3.72. The number of aliphatic hydroxyl groups excluding tert-OH is 1. The Morgan fingerprint density at radius 2 is 1.48 bits per heavy atom. The quantitative estimate of drug-likeness (QED) is 0.828. The Balaban J connectivity index is 1.85. The zero-order valence-corrected chi connectivity index (χ0v) is 11.3. The summed E-state index contributed by atoms with van der Waals surface area (Å²) < 4.78 is 39.4. The van der Waals surface area contributed by atoms with Gasteiger partial charge in [0, 0.05) is 0 Å². The van der Waals surface area contributed by atoms with Crippen LogP contribution in [0.15, 0.2) is 36.4 Å². The first-order chi connectivity index (χ1) is 10.1. The SMILES string of the molecule is OC(c1ccc(C2CCC2)cc1)c1cc(F)c(F)c(F)c1. The van der Waals surface area contributed by atoms with Gasteiger partial charge in [-0.05, 0) is 47.6 Å². The van der Waals surface area contributed by atoms with E-state index in [0.717, 1.165) is 12.1 Å². The molecule has 0 aliphatic heterocycles. The van der Waals surface area contributed by atoms with Gasteiger partial charge in [0.25, 0.3) is 0 Å². The fourth-order valence-corrected chi connectivity index (χ4v) is 2.62. The molecule has 0 spiro atoms. The first-order valence-electron chi connectivity index (χ1n) is 6.98. The highest BCUT2D eigenvalue weighted by Gasteiger charge is 2.20. The first kappa shape index (κ1) is 14.1. The van der Waals surface area contributed by atoms with Crippen LogP contribution < -0.4 is 0 Å². The second-order valence-corrected chi connectivity index (χ2v) is 5.50. The summed E-state index contributed by atoms with van der Waals surface area (Å²) in [7, 11) is 0. The fraction of sp³-hybridized carbons (Fsp3) is 0.294. The van der Waals surface area contributed by atoms with E-state index in [4.69, 9.17) is 0 Å². The minimum Gasteiger partial charge on any atom is -0.384 e. The van der Waals surface area contributed by atoms with E-state index in [9.17, 15) is 18.3 Å². The van der Waals surface area contributed by atoms with Gasteiger partial charge in [-0.3, -0.25) is 0 Å². The van der Waals surface area contributed by atoms with Gasteiger partial charge >= 0.3 is 0 Å². The van der Waals surface area contributed by atoms with Gasteiger partial charge in [-0.1, -0.05) is 30.7 Å². The van der Waals surface area contributed by atoms with Crippen LogP contribution in [0, 0.1) is 17.5 Å². The molecule has 1 aliphatic carbocycles. The molecule has 110 valence electrons. The standard InChI is InChI=1S/C17H15F3O/c18-14-8-13(9-15(19)16(14)20)17(21)12-6-4-11(5-7-12)10-2-1-3-10/h4-10,17,21H,1-3H2. The van der Waals surface area contributed by atoms with E-state index in [1.807, 2.05) is 12.1 Å².